The lowest BCUT2D eigenvalue weighted by atomic mass is 10.2. The second-order valence-electron chi connectivity index (χ2n) is 4.73. The van der Waals surface area contributed by atoms with Gasteiger partial charge in [-0.1, -0.05) is 19.1 Å². The number of nitro benzene ring substituents is 1. The average molecular weight is 286 g/mol. The van der Waals surface area contributed by atoms with Crippen molar-refractivity contribution in [2.75, 3.05) is 6.54 Å². The Morgan fingerprint density at radius 2 is 1.90 bits per heavy atom. The minimum absolute atomic E-state index is 0.0702. The smallest absolute Gasteiger partial charge is 0.269 e. The highest BCUT2D eigenvalue weighted by molar-refractivity contribution is 5.45. The van der Waals surface area contributed by atoms with Gasteiger partial charge in [0.25, 0.3) is 5.69 Å². The van der Waals surface area contributed by atoms with Crippen molar-refractivity contribution in [1.29, 1.82) is 0 Å². The standard InChI is InChI=1S/C16H18N2O3/c1-3-17-11-13-4-7-15(8-5-13)21-16-9-6-14(18(19)20)10-12(16)2/h4-10,17H,3,11H2,1-2H3. The Morgan fingerprint density at radius 1 is 1.19 bits per heavy atom. The second kappa shape index (κ2) is 6.85. The van der Waals surface area contributed by atoms with Crippen LogP contribution in [0.5, 0.6) is 11.5 Å². The maximum Gasteiger partial charge on any atom is 0.269 e. The molecule has 0 aliphatic rings. The average Bonchev–Trinajstić information content (AvgIpc) is 2.48. The van der Waals surface area contributed by atoms with Crippen LogP contribution in [0.2, 0.25) is 0 Å². The van der Waals surface area contributed by atoms with E-state index in [2.05, 4.69) is 12.2 Å². The van der Waals surface area contributed by atoms with E-state index in [1.54, 1.807) is 13.0 Å². The zero-order valence-electron chi connectivity index (χ0n) is 12.1. The first-order chi connectivity index (χ1) is 10.1. The van der Waals surface area contributed by atoms with Crippen LogP contribution < -0.4 is 10.1 Å². The maximum absolute atomic E-state index is 10.7. The van der Waals surface area contributed by atoms with Gasteiger partial charge in [-0.2, -0.15) is 0 Å². The molecule has 5 nitrogen and oxygen atoms in total. The summed E-state index contributed by atoms with van der Waals surface area (Å²) in [5, 5.41) is 14.0. The predicted molar refractivity (Wildman–Crippen MR) is 81.7 cm³/mol. The van der Waals surface area contributed by atoms with Crippen molar-refractivity contribution in [3.63, 3.8) is 0 Å². The third-order valence-electron chi connectivity index (χ3n) is 3.10. The summed E-state index contributed by atoms with van der Waals surface area (Å²) in [4.78, 5) is 10.3. The van der Waals surface area contributed by atoms with Gasteiger partial charge in [0, 0.05) is 18.7 Å². The number of nitrogens with one attached hydrogen (secondary N) is 1. The van der Waals surface area contributed by atoms with Gasteiger partial charge in [-0.05, 0) is 42.8 Å². The molecule has 21 heavy (non-hydrogen) atoms. The van der Waals surface area contributed by atoms with Crippen molar-refractivity contribution in [3.8, 4) is 11.5 Å². The number of nitro groups is 1. The lowest BCUT2D eigenvalue weighted by Crippen LogP contribution is -2.11. The molecule has 2 aromatic carbocycles. The van der Waals surface area contributed by atoms with Gasteiger partial charge in [-0.25, -0.2) is 0 Å². The zero-order chi connectivity index (χ0) is 15.2. The second-order valence-corrected chi connectivity index (χ2v) is 4.73. The quantitative estimate of drug-likeness (QED) is 0.648. The van der Waals surface area contributed by atoms with Crippen LogP contribution in [-0.2, 0) is 6.54 Å². The van der Waals surface area contributed by atoms with E-state index in [4.69, 9.17) is 4.74 Å². The number of non-ortho nitro benzene ring substituents is 1. The molecule has 2 aromatic rings. The minimum Gasteiger partial charge on any atom is -0.457 e. The van der Waals surface area contributed by atoms with Crippen LogP contribution >= 0.6 is 0 Å². The van der Waals surface area contributed by atoms with Crippen molar-refractivity contribution in [2.45, 2.75) is 20.4 Å². The van der Waals surface area contributed by atoms with Crippen LogP contribution in [0.15, 0.2) is 42.5 Å². The van der Waals surface area contributed by atoms with Crippen LogP contribution in [0.4, 0.5) is 5.69 Å². The van der Waals surface area contributed by atoms with E-state index < -0.39 is 4.92 Å². The Bertz CT molecular complexity index is 624. The van der Waals surface area contributed by atoms with Crippen LogP contribution in [-0.4, -0.2) is 11.5 Å². The topological polar surface area (TPSA) is 64.4 Å². The van der Waals surface area contributed by atoms with Gasteiger partial charge in [0.1, 0.15) is 11.5 Å². The first-order valence-electron chi connectivity index (χ1n) is 6.82. The predicted octanol–water partition coefficient (Wildman–Crippen LogP) is 3.81. The molecule has 0 heterocycles. The summed E-state index contributed by atoms with van der Waals surface area (Å²) in [7, 11) is 0. The van der Waals surface area contributed by atoms with E-state index in [0.29, 0.717) is 11.5 Å². The van der Waals surface area contributed by atoms with Gasteiger partial charge in [0.05, 0.1) is 4.92 Å². The van der Waals surface area contributed by atoms with Crippen LogP contribution in [0, 0.1) is 17.0 Å². The highest BCUT2D eigenvalue weighted by Gasteiger charge is 2.09. The zero-order valence-corrected chi connectivity index (χ0v) is 12.1. The van der Waals surface area contributed by atoms with Crippen molar-refractivity contribution in [2.24, 2.45) is 0 Å². The largest absolute Gasteiger partial charge is 0.457 e. The number of aryl methyl sites for hydroxylation is 1. The van der Waals surface area contributed by atoms with Gasteiger partial charge in [0.2, 0.25) is 0 Å². The number of benzene rings is 2. The van der Waals surface area contributed by atoms with Crippen LogP contribution in [0.3, 0.4) is 0 Å². The third kappa shape index (κ3) is 4.03. The number of rotatable bonds is 6. The van der Waals surface area contributed by atoms with E-state index in [1.807, 2.05) is 24.3 Å². The Hall–Kier alpha value is -2.40. The number of hydrogen-bond acceptors (Lipinski definition) is 4. The molecule has 110 valence electrons. The summed E-state index contributed by atoms with van der Waals surface area (Å²) in [6.07, 6.45) is 0. The molecule has 0 atom stereocenters. The van der Waals surface area contributed by atoms with Gasteiger partial charge in [-0.15, -0.1) is 0 Å². The normalized spacial score (nSPS) is 10.4. The van der Waals surface area contributed by atoms with Gasteiger partial charge in [0.15, 0.2) is 0 Å². The Morgan fingerprint density at radius 3 is 2.48 bits per heavy atom. The lowest BCUT2D eigenvalue weighted by Gasteiger charge is -2.09. The van der Waals surface area contributed by atoms with E-state index in [-0.39, 0.29) is 5.69 Å². The number of hydrogen-bond donors (Lipinski definition) is 1. The molecule has 0 aliphatic carbocycles. The molecule has 0 aromatic heterocycles. The van der Waals surface area contributed by atoms with E-state index in [9.17, 15) is 10.1 Å². The fourth-order valence-electron chi connectivity index (χ4n) is 1.93. The third-order valence-corrected chi connectivity index (χ3v) is 3.10. The number of ether oxygens (including phenoxy) is 1. The molecule has 0 bridgehead atoms. The summed E-state index contributed by atoms with van der Waals surface area (Å²) in [6.45, 7) is 5.62. The highest BCUT2D eigenvalue weighted by Crippen LogP contribution is 2.28. The minimum atomic E-state index is -0.410. The summed E-state index contributed by atoms with van der Waals surface area (Å²) in [5.74, 6) is 1.34. The molecule has 5 heteroatoms. The molecular weight excluding hydrogens is 268 g/mol. The lowest BCUT2D eigenvalue weighted by molar-refractivity contribution is -0.384. The fourth-order valence-corrected chi connectivity index (χ4v) is 1.93. The molecular formula is C16H18N2O3. The molecule has 0 unspecified atom stereocenters. The summed E-state index contributed by atoms with van der Waals surface area (Å²) in [6, 6.07) is 12.4. The van der Waals surface area contributed by atoms with Crippen LogP contribution in [0.25, 0.3) is 0 Å². The summed E-state index contributed by atoms with van der Waals surface area (Å²) >= 11 is 0. The molecule has 0 amide bonds. The van der Waals surface area contributed by atoms with Gasteiger partial charge < -0.3 is 10.1 Å². The summed E-state index contributed by atoms with van der Waals surface area (Å²) < 4.78 is 5.76. The van der Waals surface area contributed by atoms with E-state index in [0.717, 1.165) is 18.7 Å². The number of nitrogens with zero attached hydrogens (tertiary/aromatic N) is 1. The van der Waals surface area contributed by atoms with Crippen molar-refractivity contribution >= 4 is 5.69 Å². The maximum atomic E-state index is 10.7. The molecule has 0 radical (unpaired) electrons. The van der Waals surface area contributed by atoms with Gasteiger partial charge >= 0.3 is 0 Å². The fraction of sp³-hybridized carbons (Fsp3) is 0.250. The molecule has 0 saturated heterocycles. The molecule has 0 saturated carbocycles. The van der Waals surface area contributed by atoms with Crippen molar-refractivity contribution < 1.29 is 9.66 Å². The van der Waals surface area contributed by atoms with Crippen molar-refractivity contribution in [1.82, 2.24) is 5.32 Å². The SMILES string of the molecule is CCNCc1ccc(Oc2ccc([N+](=O)[O-])cc2C)cc1. The first kappa shape index (κ1) is 15.0. The summed E-state index contributed by atoms with van der Waals surface area (Å²) in [5.41, 5.74) is 1.99. The molecule has 0 spiro atoms. The Balaban J connectivity index is 2.09. The Kier molecular flexibility index (Phi) is 4.90. The first-order valence-corrected chi connectivity index (χ1v) is 6.82. The molecule has 2 rings (SSSR count). The van der Waals surface area contributed by atoms with Crippen LogP contribution in [0.1, 0.15) is 18.1 Å². The van der Waals surface area contributed by atoms with E-state index >= 15 is 0 Å². The van der Waals surface area contributed by atoms with Gasteiger partial charge in [-0.3, -0.25) is 10.1 Å². The van der Waals surface area contributed by atoms with E-state index in [1.165, 1.54) is 17.7 Å². The molecule has 0 aliphatic heterocycles. The monoisotopic (exact) mass is 286 g/mol. The molecule has 1 N–H and O–H groups in total. The Labute approximate surface area is 123 Å². The molecule has 0 fully saturated rings. The van der Waals surface area contributed by atoms with Crippen molar-refractivity contribution in [3.05, 3.63) is 63.7 Å². The highest BCUT2D eigenvalue weighted by atomic mass is 16.6.